The Kier molecular flexibility index (Phi) is 7.31. The number of carbonyl (C=O) groups is 1. The second-order valence-corrected chi connectivity index (χ2v) is 8.67. The molecular formula is C27H21BrF3NO3. The van der Waals surface area contributed by atoms with Gasteiger partial charge in [-0.2, -0.15) is 0 Å². The lowest BCUT2D eigenvalue weighted by Crippen LogP contribution is -2.07. The van der Waals surface area contributed by atoms with E-state index in [1.807, 2.05) is 35.8 Å². The maximum Gasteiger partial charge on any atom is 0.338 e. The van der Waals surface area contributed by atoms with E-state index in [2.05, 4.69) is 15.9 Å². The summed E-state index contributed by atoms with van der Waals surface area (Å²) in [4.78, 5) is 12.3. The number of nitrogens with zero attached hydrogens (tertiary/aromatic N) is 1. The third-order valence-electron chi connectivity index (χ3n) is 5.38. The maximum absolute atomic E-state index is 14.1. The standard InChI is InChI=1S/C27H21BrF3NO3/c1-3-34-27(33)17-5-4-6-20(11-17)32-16(2)7-9-25(32)21-13-19(28)8-10-26(21)35-15-18-12-23(30)24(31)14-22(18)29/h4-14H,3,15H2,1-2H3. The van der Waals surface area contributed by atoms with Crippen molar-refractivity contribution in [3.63, 3.8) is 0 Å². The van der Waals surface area contributed by atoms with Gasteiger partial charge in [0.15, 0.2) is 11.6 Å². The van der Waals surface area contributed by atoms with Crippen molar-refractivity contribution in [3.05, 3.63) is 105 Å². The predicted octanol–water partition coefficient (Wildman–Crippen LogP) is 7.39. The minimum atomic E-state index is -1.26. The summed E-state index contributed by atoms with van der Waals surface area (Å²) in [7, 11) is 0. The van der Waals surface area contributed by atoms with E-state index in [1.165, 1.54) is 0 Å². The van der Waals surface area contributed by atoms with Crippen molar-refractivity contribution >= 4 is 21.9 Å². The van der Waals surface area contributed by atoms with Crippen LogP contribution in [0, 0.1) is 24.4 Å². The average Bonchev–Trinajstić information content (AvgIpc) is 3.22. The summed E-state index contributed by atoms with van der Waals surface area (Å²) >= 11 is 3.48. The monoisotopic (exact) mass is 543 g/mol. The van der Waals surface area contributed by atoms with Gasteiger partial charge in [0.2, 0.25) is 0 Å². The Morgan fingerprint density at radius 1 is 0.943 bits per heavy atom. The van der Waals surface area contributed by atoms with Gasteiger partial charge in [0.25, 0.3) is 0 Å². The lowest BCUT2D eigenvalue weighted by molar-refractivity contribution is 0.0526. The first-order valence-corrected chi connectivity index (χ1v) is 11.6. The molecule has 0 spiro atoms. The number of hydrogen-bond donors (Lipinski definition) is 0. The molecule has 4 nitrogen and oxygen atoms in total. The molecular weight excluding hydrogens is 523 g/mol. The van der Waals surface area contributed by atoms with Gasteiger partial charge in [-0.05, 0) is 68.4 Å². The fraction of sp³-hybridized carbons (Fsp3) is 0.148. The van der Waals surface area contributed by atoms with Crippen molar-refractivity contribution in [1.29, 1.82) is 0 Å². The maximum atomic E-state index is 14.1. The summed E-state index contributed by atoms with van der Waals surface area (Å²) in [5.41, 5.74) is 3.39. The molecule has 0 atom stereocenters. The zero-order valence-corrected chi connectivity index (χ0v) is 20.5. The van der Waals surface area contributed by atoms with Crippen LogP contribution in [0.3, 0.4) is 0 Å². The highest BCUT2D eigenvalue weighted by Gasteiger charge is 2.17. The van der Waals surface area contributed by atoms with Crippen molar-refractivity contribution < 1.29 is 27.4 Å². The van der Waals surface area contributed by atoms with Gasteiger partial charge in [-0.1, -0.05) is 22.0 Å². The number of carbonyl (C=O) groups excluding carboxylic acids is 1. The molecule has 1 aromatic heterocycles. The molecule has 0 amide bonds. The van der Waals surface area contributed by atoms with Gasteiger partial charge >= 0.3 is 5.97 Å². The van der Waals surface area contributed by atoms with Crippen LogP contribution in [0.5, 0.6) is 5.75 Å². The number of hydrogen-bond acceptors (Lipinski definition) is 3. The van der Waals surface area contributed by atoms with Gasteiger partial charge in [0.05, 0.1) is 17.9 Å². The summed E-state index contributed by atoms with van der Waals surface area (Å²) < 4.78 is 54.8. The Morgan fingerprint density at radius 2 is 1.71 bits per heavy atom. The molecule has 1 heterocycles. The molecule has 4 rings (SSSR count). The van der Waals surface area contributed by atoms with Crippen LogP contribution >= 0.6 is 15.9 Å². The smallest absolute Gasteiger partial charge is 0.338 e. The van der Waals surface area contributed by atoms with Crippen molar-refractivity contribution in [1.82, 2.24) is 4.57 Å². The number of aryl methyl sites for hydroxylation is 1. The van der Waals surface area contributed by atoms with E-state index >= 15 is 0 Å². The van der Waals surface area contributed by atoms with E-state index in [0.29, 0.717) is 22.9 Å². The second-order valence-electron chi connectivity index (χ2n) is 7.75. The molecule has 0 N–H and O–H groups in total. The molecule has 0 unspecified atom stereocenters. The van der Waals surface area contributed by atoms with Crippen LogP contribution in [0.1, 0.15) is 28.5 Å². The fourth-order valence-electron chi connectivity index (χ4n) is 3.74. The minimum Gasteiger partial charge on any atom is -0.488 e. The number of halogens is 4. The van der Waals surface area contributed by atoms with E-state index in [0.717, 1.165) is 27.6 Å². The molecule has 0 saturated heterocycles. The Hall–Kier alpha value is -3.52. The first-order chi connectivity index (χ1) is 16.8. The lowest BCUT2D eigenvalue weighted by atomic mass is 10.1. The van der Waals surface area contributed by atoms with E-state index in [9.17, 15) is 18.0 Å². The Morgan fingerprint density at radius 3 is 2.49 bits per heavy atom. The van der Waals surface area contributed by atoms with Gasteiger partial charge in [-0.25, -0.2) is 18.0 Å². The van der Waals surface area contributed by atoms with Crippen LogP contribution in [-0.2, 0) is 11.3 Å². The Balaban J connectivity index is 1.74. The average molecular weight is 544 g/mol. The molecule has 0 aliphatic rings. The molecule has 0 radical (unpaired) electrons. The van der Waals surface area contributed by atoms with Crippen LogP contribution < -0.4 is 4.74 Å². The SMILES string of the molecule is CCOC(=O)c1cccc(-n2c(C)ccc2-c2cc(Br)ccc2OCc2cc(F)c(F)cc2F)c1. The van der Waals surface area contributed by atoms with E-state index < -0.39 is 23.4 Å². The molecule has 35 heavy (non-hydrogen) atoms. The number of benzene rings is 3. The molecule has 8 heteroatoms. The van der Waals surface area contributed by atoms with Gasteiger partial charge < -0.3 is 14.0 Å². The van der Waals surface area contributed by atoms with E-state index in [1.54, 1.807) is 37.3 Å². The van der Waals surface area contributed by atoms with Crippen LogP contribution in [0.4, 0.5) is 13.2 Å². The summed E-state index contributed by atoms with van der Waals surface area (Å²) in [5, 5.41) is 0. The number of aromatic nitrogens is 1. The molecule has 4 aromatic rings. The topological polar surface area (TPSA) is 40.5 Å². The van der Waals surface area contributed by atoms with Crippen molar-refractivity contribution in [2.45, 2.75) is 20.5 Å². The van der Waals surface area contributed by atoms with Crippen LogP contribution in [0.2, 0.25) is 0 Å². The quantitative estimate of drug-likeness (QED) is 0.180. The summed E-state index contributed by atoms with van der Waals surface area (Å²) in [6.07, 6.45) is 0. The zero-order valence-electron chi connectivity index (χ0n) is 18.9. The van der Waals surface area contributed by atoms with E-state index in [-0.39, 0.29) is 18.8 Å². The first-order valence-electron chi connectivity index (χ1n) is 10.8. The Labute approximate surface area is 209 Å². The second kappa shape index (κ2) is 10.4. The van der Waals surface area contributed by atoms with Gasteiger partial charge in [0, 0.05) is 33.0 Å². The first kappa shape index (κ1) is 24.6. The van der Waals surface area contributed by atoms with Gasteiger partial charge in [-0.15, -0.1) is 0 Å². The molecule has 0 aliphatic carbocycles. The van der Waals surface area contributed by atoms with E-state index in [4.69, 9.17) is 9.47 Å². The fourth-order valence-corrected chi connectivity index (χ4v) is 4.10. The minimum absolute atomic E-state index is 0.105. The normalized spacial score (nSPS) is 10.9. The molecule has 0 bridgehead atoms. The largest absolute Gasteiger partial charge is 0.488 e. The van der Waals surface area contributed by atoms with Crippen LogP contribution in [-0.4, -0.2) is 17.1 Å². The molecule has 180 valence electrons. The van der Waals surface area contributed by atoms with Crippen LogP contribution in [0.15, 0.2) is 71.2 Å². The number of esters is 1. The summed E-state index contributed by atoms with van der Waals surface area (Å²) in [6, 6.07) is 17.5. The number of rotatable bonds is 7. The summed E-state index contributed by atoms with van der Waals surface area (Å²) in [6.45, 7) is 3.65. The molecule has 3 aromatic carbocycles. The van der Waals surface area contributed by atoms with Crippen molar-refractivity contribution in [2.24, 2.45) is 0 Å². The zero-order chi connectivity index (χ0) is 25.1. The summed E-state index contributed by atoms with van der Waals surface area (Å²) in [5.74, 6) is -3.29. The predicted molar refractivity (Wildman–Crippen MR) is 130 cm³/mol. The molecule has 0 saturated carbocycles. The Bertz CT molecular complexity index is 1400. The molecule has 0 aliphatic heterocycles. The van der Waals surface area contributed by atoms with Crippen molar-refractivity contribution in [3.8, 4) is 22.7 Å². The van der Waals surface area contributed by atoms with Gasteiger partial charge in [0.1, 0.15) is 18.2 Å². The lowest BCUT2D eigenvalue weighted by Gasteiger charge is -2.17. The van der Waals surface area contributed by atoms with Crippen LogP contribution in [0.25, 0.3) is 16.9 Å². The highest BCUT2D eigenvalue weighted by atomic mass is 79.9. The molecule has 0 fully saturated rings. The number of ether oxygens (including phenoxy) is 2. The van der Waals surface area contributed by atoms with Gasteiger partial charge in [-0.3, -0.25) is 0 Å². The van der Waals surface area contributed by atoms with Crippen molar-refractivity contribution in [2.75, 3.05) is 6.61 Å². The third-order valence-corrected chi connectivity index (χ3v) is 5.87. The third kappa shape index (κ3) is 5.27. The highest BCUT2D eigenvalue weighted by Crippen LogP contribution is 2.36. The highest BCUT2D eigenvalue weighted by molar-refractivity contribution is 9.10.